The first kappa shape index (κ1) is 16.5. The van der Waals surface area contributed by atoms with Crippen molar-refractivity contribution in [3.63, 3.8) is 0 Å². The Hall–Kier alpha value is 0.0400. The zero-order chi connectivity index (χ0) is 16.1. The quantitative estimate of drug-likeness (QED) is 0.553. The second-order valence-electron chi connectivity index (χ2n) is 7.62. The summed E-state index contributed by atoms with van der Waals surface area (Å²) in [7, 11) is 0.0764. The Morgan fingerprint density at radius 3 is 1.91 bits per heavy atom. The number of hydrogen-bond donors (Lipinski definition) is 0. The van der Waals surface area contributed by atoms with E-state index >= 15 is 0 Å². The van der Waals surface area contributed by atoms with Crippen LogP contribution in [0.1, 0.15) is 53.4 Å². The highest BCUT2D eigenvalue weighted by atomic mass is 32.1. The van der Waals surface area contributed by atoms with Gasteiger partial charge in [-0.1, -0.05) is 61.7 Å². The van der Waals surface area contributed by atoms with Crippen molar-refractivity contribution in [3.05, 3.63) is 24.3 Å². The molecular formula is C20H28P2S. The third-order valence-corrected chi connectivity index (χ3v) is 14.7. The maximum atomic E-state index is 2.53. The molecule has 0 saturated carbocycles. The Labute approximate surface area is 147 Å². The van der Waals surface area contributed by atoms with Crippen molar-refractivity contribution < 1.29 is 0 Å². The van der Waals surface area contributed by atoms with Crippen LogP contribution >= 0.6 is 27.2 Å². The van der Waals surface area contributed by atoms with E-state index in [2.05, 4.69) is 63.3 Å². The Morgan fingerprint density at radius 2 is 1.30 bits per heavy atom. The number of rotatable bonds is 2. The minimum Gasteiger partial charge on any atom is -0.135 e. The molecule has 23 heavy (non-hydrogen) atoms. The van der Waals surface area contributed by atoms with Crippen molar-refractivity contribution in [2.24, 2.45) is 0 Å². The van der Waals surface area contributed by atoms with Crippen molar-refractivity contribution in [1.82, 2.24) is 0 Å². The molecular weight excluding hydrogens is 334 g/mol. The second kappa shape index (κ2) is 6.40. The van der Waals surface area contributed by atoms with Crippen LogP contribution in [-0.2, 0) is 0 Å². The van der Waals surface area contributed by atoms with Crippen molar-refractivity contribution in [2.45, 2.75) is 76.0 Å². The van der Waals surface area contributed by atoms with Gasteiger partial charge in [0.1, 0.15) is 0 Å². The topological polar surface area (TPSA) is 0 Å². The summed E-state index contributed by atoms with van der Waals surface area (Å²) in [5.74, 6) is 0. The van der Waals surface area contributed by atoms with Gasteiger partial charge in [-0.15, -0.1) is 11.3 Å². The average molecular weight is 362 g/mol. The van der Waals surface area contributed by atoms with Crippen LogP contribution < -0.4 is 9.92 Å². The minimum absolute atomic E-state index is 0.0262. The lowest BCUT2D eigenvalue weighted by molar-refractivity contribution is 0.777. The monoisotopic (exact) mass is 362 g/mol. The normalized spacial score (nSPS) is 35.4. The summed E-state index contributed by atoms with van der Waals surface area (Å²) in [6.07, 6.45) is 5.78. The molecule has 3 heterocycles. The van der Waals surface area contributed by atoms with Gasteiger partial charge in [0, 0.05) is 20.0 Å². The van der Waals surface area contributed by atoms with Gasteiger partial charge >= 0.3 is 0 Å². The smallest absolute Gasteiger partial charge is 0.0372 e. The van der Waals surface area contributed by atoms with E-state index < -0.39 is 0 Å². The molecule has 0 nitrogen and oxygen atoms in total. The van der Waals surface area contributed by atoms with E-state index in [1.165, 1.54) is 25.7 Å². The summed E-state index contributed by atoms with van der Waals surface area (Å²) in [5.41, 5.74) is 3.69. The molecule has 4 rings (SSSR count). The standard InChI is InChI=1S/C20H28P2S/c1-13-9-10-14(2)21(13)19-17-7-5-6-8-18(17)23-20(19)22-15(3)11-12-16(22)4/h5-8,13-16H,9-12H2,1-4H3/t13-,14-,15-,16?,22?/m1/s1. The maximum Gasteiger partial charge on any atom is 0.0372 e. The lowest BCUT2D eigenvalue weighted by Crippen LogP contribution is -2.25. The molecule has 1 aromatic heterocycles. The molecule has 2 aromatic rings. The molecule has 2 fully saturated rings. The molecule has 0 aliphatic carbocycles. The van der Waals surface area contributed by atoms with E-state index in [1.807, 2.05) is 9.92 Å². The average Bonchev–Trinajstić information content (AvgIpc) is 3.16. The molecule has 0 radical (unpaired) electrons. The van der Waals surface area contributed by atoms with Crippen molar-refractivity contribution >= 4 is 47.2 Å². The fraction of sp³-hybridized carbons (Fsp3) is 0.600. The summed E-state index contributed by atoms with van der Waals surface area (Å²) < 4.78 is 3.41. The second-order valence-corrected chi connectivity index (χ2v) is 15.0. The Bertz CT molecular complexity index is 687. The van der Waals surface area contributed by atoms with Crippen LogP contribution in [0.2, 0.25) is 0 Å². The van der Waals surface area contributed by atoms with Gasteiger partial charge in [-0.05, 0) is 54.4 Å². The summed E-state index contributed by atoms with van der Waals surface area (Å²) in [6.45, 7) is 10.1. The fourth-order valence-electron chi connectivity index (χ4n) is 4.67. The van der Waals surface area contributed by atoms with E-state index in [9.17, 15) is 0 Å². The first-order chi connectivity index (χ1) is 11.1. The predicted octanol–water partition coefficient (Wildman–Crippen LogP) is 6.26. The minimum atomic E-state index is 0.0262. The lowest BCUT2D eigenvalue weighted by Gasteiger charge is -2.27. The van der Waals surface area contributed by atoms with Crippen molar-refractivity contribution in [3.8, 4) is 0 Å². The zero-order valence-electron chi connectivity index (χ0n) is 14.7. The van der Waals surface area contributed by atoms with Gasteiger partial charge in [0.15, 0.2) is 0 Å². The van der Waals surface area contributed by atoms with Crippen LogP contribution in [-0.4, -0.2) is 22.6 Å². The fourth-order valence-corrected chi connectivity index (χ4v) is 14.7. The molecule has 5 atom stereocenters. The molecule has 0 bridgehead atoms. The van der Waals surface area contributed by atoms with Gasteiger partial charge in [-0.25, -0.2) is 0 Å². The molecule has 2 aliphatic heterocycles. The van der Waals surface area contributed by atoms with Crippen LogP contribution in [0.15, 0.2) is 24.3 Å². The van der Waals surface area contributed by atoms with Gasteiger partial charge in [0.05, 0.1) is 0 Å². The van der Waals surface area contributed by atoms with Gasteiger partial charge in [0.2, 0.25) is 0 Å². The number of hydrogen-bond acceptors (Lipinski definition) is 1. The summed E-state index contributed by atoms with van der Waals surface area (Å²) in [5, 5.41) is 3.47. The molecule has 1 aromatic carbocycles. The third kappa shape index (κ3) is 2.72. The first-order valence-corrected chi connectivity index (χ1v) is 12.9. The molecule has 0 amide bonds. The Morgan fingerprint density at radius 1 is 0.783 bits per heavy atom. The van der Waals surface area contributed by atoms with Crippen molar-refractivity contribution in [2.75, 3.05) is 0 Å². The summed E-state index contributed by atoms with van der Waals surface area (Å²) in [6, 6.07) is 9.29. The van der Waals surface area contributed by atoms with Gasteiger partial charge in [-0.3, -0.25) is 0 Å². The molecule has 124 valence electrons. The molecule has 2 unspecified atom stereocenters. The molecule has 0 N–H and O–H groups in total. The van der Waals surface area contributed by atoms with Gasteiger partial charge in [-0.2, -0.15) is 0 Å². The van der Waals surface area contributed by atoms with E-state index in [-0.39, 0.29) is 15.8 Å². The van der Waals surface area contributed by atoms with E-state index in [1.54, 1.807) is 10.1 Å². The molecule has 2 saturated heterocycles. The summed E-state index contributed by atoms with van der Waals surface area (Å²) >= 11 is 2.16. The number of thiophene rings is 1. The van der Waals surface area contributed by atoms with Crippen LogP contribution in [0.3, 0.4) is 0 Å². The number of fused-ring (bicyclic) bond motifs is 1. The highest BCUT2D eigenvalue weighted by Gasteiger charge is 2.39. The zero-order valence-corrected chi connectivity index (χ0v) is 17.4. The molecule has 3 heteroatoms. The van der Waals surface area contributed by atoms with E-state index in [0.717, 1.165) is 22.6 Å². The Kier molecular flexibility index (Phi) is 4.59. The van der Waals surface area contributed by atoms with Crippen LogP contribution in [0.4, 0.5) is 0 Å². The molecule has 2 aliphatic rings. The first-order valence-electron chi connectivity index (χ1n) is 9.16. The third-order valence-electron chi connectivity index (χ3n) is 5.95. The highest BCUT2D eigenvalue weighted by Crippen LogP contribution is 2.61. The van der Waals surface area contributed by atoms with E-state index in [4.69, 9.17) is 0 Å². The SMILES string of the molecule is CC1CC[C@@H](C)P1c1sc2ccccc2c1P1[C@H](C)CC[C@H]1C. The predicted molar refractivity (Wildman–Crippen MR) is 111 cm³/mol. The van der Waals surface area contributed by atoms with Crippen LogP contribution in [0.5, 0.6) is 0 Å². The largest absolute Gasteiger partial charge is 0.135 e. The van der Waals surface area contributed by atoms with Gasteiger partial charge in [0.25, 0.3) is 0 Å². The van der Waals surface area contributed by atoms with Crippen molar-refractivity contribution in [1.29, 1.82) is 0 Å². The lowest BCUT2D eigenvalue weighted by atomic mass is 10.2. The maximum absolute atomic E-state index is 2.53. The van der Waals surface area contributed by atoms with E-state index in [0.29, 0.717) is 0 Å². The number of benzene rings is 1. The summed E-state index contributed by atoms with van der Waals surface area (Å²) in [4.78, 5) is 0. The molecule has 0 spiro atoms. The Balaban J connectivity index is 1.92. The van der Waals surface area contributed by atoms with Gasteiger partial charge < -0.3 is 0 Å². The van der Waals surface area contributed by atoms with Crippen LogP contribution in [0, 0.1) is 0 Å². The highest BCUT2D eigenvalue weighted by molar-refractivity contribution is 7.79. The van der Waals surface area contributed by atoms with Crippen LogP contribution in [0.25, 0.3) is 10.1 Å².